The number of hydrogen-bond acceptors (Lipinski definition) is 4. The molecule has 1 heterocycles. The molecule has 0 amide bonds. The SMILES string of the molecule is CCCCCCC(CCC(OCC)(OCC)OCC)C1CCC2OC2C1. The third-order valence-corrected chi connectivity index (χ3v) is 6.05. The van der Waals surface area contributed by atoms with E-state index in [0.717, 1.165) is 24.7 Å². The number of hydrogen-bond donors (Lipinski definition) is 0. The maximum absolute atomic E-state index is 5.95. The highest BCUT2D eigenvalue weighted by atomic mass is 16.9. The summed E-state index contributed by atoms with van der Waals surface area (Å²) in [6.45, 7) is 10.2. The van der Waals surface area contributed by atoms with Crippen molar-refractivity contribution in [2.75, 3.05) is 19.8 Å². The first-order valence-electron chi connectivity index (χ1n) is 11.2. The zero-order chi connectivity index (χ0) is 18.8. The van der Waals surface area contributed by atoms with E-state index in [1.165, 1.54) is 51.4 Å². The van der Waals surface area contributed by atoms with E-state index in [2.05, 4.69) is 6.92 Å². The maximum Gasteiger partial charge on any atom is 0.282 e. The number of fused-ring (bicyclic) bond motifs is 1. The van der Waals surface area contributed by atoms with E-state index in [4.69, 9.17) is 18.9 Å². The standard InChI is InChI=1S/C22H42O4/c1-5-9-10-11-12-18(19-13-14-20-21(17-19)26-20)15-16-22(23-6-2,24-7-3)25-8-4/h18-21H,5-17H2,1-4H3. The van der Waals surface area contributed by atoms with Crippen LogP contribution in [0.2, 0.25) is 0 Å². The van der Waals surface area contributed by atoms with Crippen LogP contribution in [0.3, 0.4) is 0 Å². The molecule has 2 aliphatic rings. The van der Waals surface area contributed by atoms with Crippen LogP contribution in [0.5, 0.6) is 0 Å². The Morgan fingerprint density at radius 3 is 2.12 bits per heavy atom. The van der Waals surface area contributed by atoms with Gasteiger partial charge in [-0.15, -0.1) is 0 Å². The van der Waals surface area contributed by atoms with Crippen molar-refractivity contribution in [1.29, 1.82) is 0 Å². The van der Waals surface area contributed by atoms with Crippen LogP contribution in [0.15, 0.2) is 0 Å². The quantitative estimate of drug-likeness (QED) is 0.211. The first kappa shape index (κ1) is 22.1. The number of epoxide rings is 1. The molecule has 4 nitrogen and oxygen atoms in total. The monoisotopic (exact) mass is 370 g/mol. The van der Waals surface area contributed by atoms with Gasteiger partial charge in [-0.3, -0.25) is 0 Å². The average molecular weight is 371 g/mol. The highest BCUT2D eigenvalue weighted by Crippen LogP contribution is 2.45. The summed E-state index contributed by atoms with van der Waals surface area (Å²) in [5, 5.41) is 0. The molecule has 1 saturated heterocycles. The Labute approximate surface area is 161 Å². The van der Waals surface area contributed by atoms with Crippen molar-refractivity contribution < 1.29 is 18.9 Å². The Hall–Kier alpha value is -0.160. The van der Waals surface area contributed by atoms with Crippen molar-refractivity contribution >= 4 is 0 Å². The number of unbranched alkanes of at least 4 members (excludes halogenated alkanes) is 3. The largest absolute Gasteiger partial charge is 0.370 e. The maximum atomic E-state index is 5.95. The lowest BCUT2D eigenvalue weighted by atomic mass is 9.75. The lowest BCUT2D eigenvalue weighted by Crippen LogP contribution is -2.40. The minimum absolute atomic E-state index is 0.558. The van der Waals surface area contributed by atoms with Gasteiger partial charge in [-0.25, -0.2) is 0 Å². The van der Waals surface area contributed by atoms with Crippen molar-refractivity contribution in [3.63, 3.8) is 0 Å². The minimum Gasteiger partial charge on any atom is -0.370 e. The molecule has 1 aliphatic carbocycles. The van der Waals surface area contributed by atoms with E-state index in [9.17, 15) is 0 Å². The first-order chi connectivity index (χ1) is 12.7. The molecule has 154 valence electrons. The summed E-state index contributed by atoms with van der Waals surface area (Å²) in [5.41, 5.74) is 0. The lowest BCUT2D eigenvalue weighted by molar-refractivity contribution is -0.380. The fourth-order valence-electron chi connectivity index (χ4n) is 4.68. The molecule has 0 radical (unpaired) electrons. The summed E-state index contributed by atoms with van der Waals surface area (Å²) < 4.78 is 23.6. The molecule has 2 fully saturated rings. The summed E-state index contributed by atoms with van der Waals surface area (Å²) in [7, 11) is 0. The normalized spacial score (nSPS) is 26.5. The molecule has 4 unspecified atom stereocenters. The molecule has 0 spiro atoms. The van der Waals surface area contributed by atoms with E-state index >= 15 is 0 Å². The van der Waals surface area contributed by atoms with Crippen molar-refractivity contribution in [3.05, 3.63) is 0 Å². The van der Waals surface area contributed by atoms with Crippen molar-refractivity contribution in [3.8, 4) is 0 Å². The van der Waals surface area contributed by atoms with Crippen LogP contribution in [0.4, 0.5) is 0 Å². The Morgan fingerprint density at radius 1 is 0.846 bits per heavy atom. The van der Waals surface area contributed by atoms with Crippen LogP contribution in [0.25, 0.3) is 0 Å². The van der Waals surface area contributed by atoms with Gasteiger partial charge in [-0.05, 0) is 58.3 Å². The van der Waals surface area contributed by atoms with Gasteiger partial charge < -0.3 is 18.9 Å². The van der Waals surface area contributed by atoms with Crippen molar-refractivity contribution in [1.82, 2.24) is 0 Å². The summed E-state index contributed by atoms with van der Waals surface area (Å²) >= 11 is 0. The zero-order valence-corrected chi connectivity index (χ0v) is 17.6. The van der Waals surface area contributed by atoms with Crippen molar-refractivity contribution in [2.45, 2.75) is 110 Å². The van der Waals surface area contributed by atoms with Crippen LogP contribution in [0, 0.1) is 11.8 Å². The van der Waals surface area contributed by atoms with E-state index in [-0.39, 0.29) is 0 Å². The molecular formula is C22H42O4. The van der Waals surface area contributed by atoms with E-state index < -0.39 is 5.97 Å². The number of ether oxygens (including phenoxy) is 4. The van der Waals surface area contributed by atoms with Crippen LogP contribution >= 0.6 is 0 Å². The fraction of sp³-hybridized carbons (Fsp3) is 1.00. The molecule has 1 saturated carbocycles. The van der Waals surface area contributed by atoms with Gasteiger partial charge in [-0.2, -0.15) is 0 Å². The molecule has 4 atom stereocenters. The average Bonchev–Trinajstić information content (AvgIpc) is 3.40. The Balaban J connectivity index is 1.93. The Kier molecular flexibility index (Phi) is 9.90. The smallest absolute Gasteiger partial charge is 0.282 e. The second kappa shape index (κ2) is 11.6. The van der Waals surface area contributed by atoms with Crippen LogP contribution in [-0.2, 0) is 18.9 Å². The molecule has 26 heavy (non-hydrogen) atoms. The first-order valence-corrected chi connectivity index (χ1v) is 11.2. The van der Waals surface area contributed by atoms with Gasteiger partial charge in [0, 0.05) is 26.2 Å². The highest BCUT2D eigenvalue weighted by molar-refractivity contribution is 4.93. The fourth-order valence-corrected chi connectivity index (χ4v) is 4.68. The molecule has 1 aliphatic heterocycles. The molecule has 0 aromatic heterocycles. The second-order valence-electron chi connectivity index (χ2n) is 7.92. The summed E-state index contributed by atoms with van der Waals surface area (Å²) in [5.74, 6) is 0.674. The lowest BCUT2D eigenvalue weighted by Gasteiger charge is -2.35. The molecule has 0 N–H and O–H groups in total. The van der Waals surface area contributed by atoms with Crippen molar-refractivity contribution in [2.24, 2.45) is 11.8 Å². The van der Waals surface area contributed by atoms with Gasteiger partial charge >= 0.3 is 0 Å². The van der Waals surface area contributed by atoms with E-state index in [1.54, 1.807) is 0 Å². The Bertz CT molecular complexity index is 356. The van der Waals surface area contributed by atoms with E-state index in [1.807, 2.05) is 20.8 Å². The zero-order valence-electron chi connectivity index (χ0n) is 17.6. The molecule has 4 heteroatoms. The summed E-state index contributed by atoms with van der Waals surface area (Å²) in [6, 6.07) is 0. The van der Waals surface area contributed by atoms with Gasteiger partial charge in [0.05, 0.1) is 12.2 Å². The highest BCUT2D eigenvalue weighted by Gasteiger charge is 2.45. The number of rotatable bonds is 15. The summed E-state index contributed by atoms with van der Waals surface area (Å²) in [6.07, 6.45) is 13.6. The molecule has 0 bridgehead atoms. The molecule has 0 aromatic rings. The van der Waals surface area contributed by atoms with Crippen LogP contribution in [0.1, 0.15) is 91.9 Å². The van der Waals surface area contributed by atoms with Gasteiger partial charge in [-0.1, -0.05) is 39.0 Å². The van der Waals surface area contributed by atoms with E-state index in [0.29, 0.717) is 32.0 Å². The minimum atomic E-state index is -0.854. The predicted octanol–water partition coefficient (Wildman–Crippen LogP) is 5.68. The Morgan fingerprint density at radius 2 is 1.54 bits per heavy atom. The van der Waals surface area contributed by atoms with Gasteiger partial charge in [0.15, 0.2) is 0 Å². The van der Waals surface area contributed by atoms with Gasteiger partial charge in [0.25, 0.3) is 5.97 Å². The van der Waals surface area contributed by atoms with Crippen LogP contribution in [-0.4, -0.2) is 38.0 Å². The summed E-state index contributed by atoms with van der Waals surface area (Å²) in [4.78, 5) is 0. The predicted molar refractivity (Wildman–Crippen MR) is 105 cm³/mol. The molecular weight excluding hydrogens is 328 g/mol. The second-order valence-corrected chi connectivity index (χ2v) is 7.92. The third kappa shape index (κ3) is 6.78. The molecule has 0 aromatic carbocycles. The van der Waals surface area contributed by atoms with Gasteiger partial charge in [0.1, 0.15) is 0 Å². The van der Waals surface area contributed by atoms with Crippen LogP contribution < -0.4 is 0 Å². The third-order valence-electron chi connectivity index (χ3n) is 6.05. The molecule has 2 rings (SSSR count). The van der Waals surface area contributed by atoms with Gasteiger partial charge in [0.2, 0.25) is 0 Å². The topological polar surface area (TPSA) is 40.2 Å².